The van der Waals surface area contributed by atoms with E-state index in [9.17, 15) is 39.6 Å². The fourth-order valence-corrected chi connectivity index (χ4v) is 3.95. The van der Waals surface area contributed by atoms with Gasteiger partial charge in [0.05, 0.1) is 12.1 Å². The average molecular weight is 559 g/mol. The van der Waals surface area contributed by atoms with Crippen molar-refractivity contribution >= 4 is 23.7 Å². The van der Waals surface area contributed by atoms with Crippen LogP contribution >= 0.6 is 0 Å². The molecule has 5 atom stereocenters. The Balaban J connectivity index is 2.22. The van der Waals surface area contributed by atoms with E-state index in [2.05, 4.69) is 16.0 Å². The van der Waals surface area contributed by atoms with Crippen LogP contribution in [-0.4, -0.2) is 74.4 Å². The van der Waals surface area contributed by atoms with Crippen LogP contribution < -0.4 is 21.7 Å². The normalized spacial score (nSPS) is 14.8. The molecule has 12 nitrogen and oxygen atoms in total. The van der Waals surface area contributed by atoms with Crippen molar-refractivity contribution in [2.45, 2.75) is 70.3 Å². The van der Waals surface area contributed by atoms with E-state index in [0.29, 0.717) is 11.1 Å². The van der Waals surface area contributed by atoms with Gasteiger partial charge in [-0.25, -0.2) is 4.79 Å². The number of nitrogens with one attached hydrogen (secondary N) is 3. The summed E-state index contributed by atoms with van der Waals surface area (Å²) in [5.74, 6) is -3.53. The Morgan fingerprint density at radius 1 is 0.725 bits per heavy atom. The predicted octanol–water partition coefficient (Wildman–Crippen LogP) is 0.176. The molecule has 0 aliphatic heterocycles. The second-order valence-electron chi connectivity index (χ2n) is 10.2. The summed E-state index contributed by atoms with van der Waals surface area (Å²) < 4.78 is 0. The lowest BCUT2D eigenvalue weighted by Crippen LogP contribution is -2.59. The Kier molecular flexibility index (Phi) is 11.9. The maximum absolute atomic E-state index is 13.4. The first-order chi connectivity index (χ1) is 18.8. The van der Waals surface area contributed by atoms with Crippen LogP contribution in [0.25, 0.3) is 0 Å². The molecule has 0 saturated heterocycles. The van der Waals surface area contributed by atoms with Gasteiger partial charge in [-0.1, -0.05) is 38.1 Å². The largest absolute Gasteiger partial charge is 0.508 e. The molecule has 12 heteroatoms. The van der Waals surface area contributed by atoms with E-state index in [-0.39, 0.29) is 36.7 Å². The zero-order chi connectivity index (χ0) is 30.0. The molecule has 5 unspecified atom stereocenters. The number of phenolic OH excluding ortho intramolecular Hbond substituents is 2. The summed E-state index contributed by atoms with van der Waals surface area (Å²) >= 11 is 0. The molecular weight excluding hydrogens is 520 g/mol. The topological polar surface area (TPSA) is 211 Å². The number of nitrogens with two attached hydrogens (primary N) is 1. The van der Waals surface area contributed by atoms with Gasteiger partial charge < -0.3 is 42.1 Å². The highest BCUT2D eigenvalue weighted by Gasteiger charge is 2.32. The van der Waals surface area contributed by atoms with Crippen LogP contribution in [0.1, 0.15) is 38.3 Å². The first-order valence-corrected chi connectivity index (χ1v) is 12.9. The number of phenols is 2. The lowest BCUT2D eigenvalue weighted by Gasteiger charge is -2.26. The van der Waals surface area contributed by atoms with E-state index < -0.39 is 54.0 Å². The van der Waals surface area contributed by atoms with Gasteiger partial charge in [-0.05, 0) is 61.1 Å². The van der Waals surface area contributed by atoms with Crippen molar-refractivity contribution in [3.63, 3.8) is 0 Å². The molecule has 0 fully saturated rings. The molecule has 9 N–H and O–H groups in total. The number of carboxylic acid groups (broad SMARTS) is 1. The van der Waals surface area contributed by atoms with E-state index in [1.807, 2.05) is 13.8 Å². The number of carbonyl (C=O) groups excluding carboxylic acids is 3. The minimum absolute atomic E-state index is 0.00261. The van der Waals surface area contributed by atoms with Gasteiger partial charge in [0.1, 0.15) is 23.6 Å². The Labute approximate surface area is 232 Å². The van der Waals surface area contributed by atoms with Crippen LogP contribution in [0, 0.1) is 5.92 Å². The predicted molar refractivity (Wildman–Crippen MR) is 146 cm³/mol. The minimum Gasteiger partial charge on any atom is -0.508 e. The Hall–Kier alpha value is -4.16. The van der Waals surface area contributed by atoms with Crippen LogP contribution in [-0.2, 0) is 32.0 Å². The molecule has 0 bridgehead atoms. The zero-order valence-corrected chi connectivity index (χ0v) is 22.7. The highest BCUT2D eigenvalue weighted by atomic mass is 16.4. The second kappa shape index (κ2) is 14.8. The molecule has 2 aromatic carbocycles. The zero-order valence-electron chi connectivity index (χ0n) is 22.7. The summed E-state index contributed by atoms with van der Waals surface area (Å²) in [4.78, 5) is 50.9. The number of carboxylic acids is 1. The minimum atomic E-state index is -1.62. The number of aliphatic carboxylic acids is 1. The fourth-order valence-electron chi connectivity index (χ4n) is 3.95. The number of aliphatic hydroxyl groups is 1. The van der Waals surface area contributed by atoms with Crippen molar-refractivity contribution in [2.24, 2.45) is 11.7 Å². The highest BCUT2D eigenvalue weighted by molar-refractivity contribution is 5.94. The molecule has 0 aliphatic rings. The van der Waals surface area contributed by atoms with Gasteiger partial charge in [-0.15, -0.1) is 0 Å². The number of hydrogen-bond donors (Lipinski definition) is 8. The number of aliphatic hydroxyl groups excluding tert-OH is 1. The highest BCUT2D eigenvalue weighted by Crippen LogP contribution is 2.14. The lowest BCUT2D eigenvalue weighted by molar-refractivity contribution is -0.145. The fraction of sp³-hybridized carbons (Fsp3) is 0.429. The van der Waals surface area contributed by atoms with E-state index in [1.54, 1.807) is 24.3 Å². The van der Waals surface area contributed by atoms with Crippen molar-refractivity contribution in [1.29, 1.82) is 0 Å². The first kappa shape index (κ1) is 32.1. The summed E-state index contributed by atoms with van der Waals surface area (Å²) in [6.07, 6.45) is -1.09. The smallest absolute Gasteiger partial charge is 0.328 e. The van der Waals surface area contributed by atoms with Crippen LogP contribution in [0.15, 0.2) is 48.5 Å². The Bertz CT molecular complexity index is 1150. The summed E-state index contributed by atoms with van der Waals surface area (Å²) in [5, 5.41) is 45.7. The van der Waals surface area contributed by atoms with Gasteiger partial charge in [0.25, 0.3) is 0 Å². The molecule has 0 heterocycles. The molecule has 0 saturated carbocycles. The quantitative estimate of drug-likeness (QED) is 0.159. The van der Waals surface area contributed by atoms with E-state index in [1.165, 1.54) is 31.2 Å². The molecule has 0 spiro atoms. The molecule has 3 amide bonds. The maximum Gasteiger partial charge on any atom is 0.328 e. The molecular formula is C28H38N4O8. The van der Waals surface area contributed by atoms with Crippen LogP contribution in [0.3, 0.4) is 0 Å². The molecule has 0 aromatic heterocycles. The van der Waals surface area contributed by atoms with Crippen LogP contribution in [0.4, 0.5) is 0 Å². The third-order valence-electron chi connectivity index (χ3n) is 6.12. The van der Waals surface area contributed by atoms with Gasteiger partial charge in [-0.3, -0.25) is 14.4 Å². The van der Waals surface area contributed by atoms with Crippen molar-refractivity contribution in [3.8, 4) is 11.5 Å². The van der Waals surface area contributed by atoms with Crippen LogP contribution in [0.2, 0.25) is 0 Å². The molecule has 0 radical (unpaired) electrons. The molecule has 0 aliphatic carbocycles. The molecule has 40 heavy (non-hydrogen) atoms. The van der Waals surface area contributed by atoms with Gasteiger partial charge in [0, 0.05) is 6.42 Å². The summed E-state index contributed by atoms with van der Waals surface area (Å²) in [6, 6.07) is 7.16. The molecule has 218 valence electrons. The van der Waals surface area contributed by atoms with Crippen molar-refractivity contribution < 1.29 is 39.6 Å². The summed E-state index contributed by atoms with van der Waals surface area (Å²) in [7, 11) is 0. The van der Waals surface area contributed by atoms with Crippen LogP contribution in [0.5, 0.6) is 11.5 Å². The van der Waals surface area contributed by atoms with Gasteiger partial charge in [-0.2, -0.15) is 0 Å². The van der Waals surface area contributed by atoms with Crippen molar-refractivity contribution in [1.82, 2.24) is 16.0 Å². The lowest BCUT2D eigenvalue weighted by atomic mass is 9.99. The van der Waals surface area contributed by atoms with Gasteiger partial charge >= 0.3 is 5.97 Å². The van der Waals surface area contributed by atoms with Gasteiger partial charge in [0.15, 0.2) is 6.04 Å². The third-order valence-corrected chi connectivity index (χ3v) is 6.12. The maximum atomic E-state index is 13.4. The van der Waals surface area contributed by atoms with E-state index in [0.717, 1.165) is 0 Å². The standard InChI is InChI=1S/C28H38N4O8/c1-15(2)12-22(30-25(36)21(29)13-17-4-8-19(34)9-5-17)26(37)31-23(14-18-6-10-20(35)11-7-18)27(38)32-24(16(3)33)28(39)40/h4-11,15-16,21-24,33-35H,12-14,29H2,1-3H3,(H,30,36)(H,31,37)(H,32,38)(H,39,40). The number of rotatable bonds is 14. The molecule has 2 aromatic rings. The monoisotopic (exact) mass is 558 g/mol. The number of hydrogen-bond acceptors (Lipinski definition) is 8. The van der Waals surface area contributed by atoms with Crippen molar-refractivity contribution in [3.05, 3.63) is 59.7 Å². The SMILES string of the molecule is CC(C)CC(NC(=O)C(N)Cc1ccc(O)cc1)C(=O)NC(Cc1ccc(O)cc1)C(=O)NC(C(=O)O)C(C)O. The number of aromatic hydroxyl groups is 2. The summed E-state index contributed by atoms with van der Waals surface area (Å²) in [6.45, 7) is 4.91. The second-order valence-corrected chi connectivity index (χ2v) is 10.2. The van der Waals surface area contributed by atoms with Crippen molar-refractivity contribution in [2.75, 3.05) is 0 Å². The number of carbonyl (C=O) groups is 4. The van der Waals surface area contributed by atoms with E-state index in [4.69, 9.17) is 5.73 Å². The van der Waals surface area contributed by atoms with E-state index >= 15 is 0 Å². The summed E-state index contributed by atoms with van der Waals surface area (Å²) in [5.41, 5.74) is 7.34. The van der Waals surface area contributed by atoms with Gasteiger partial charge in [0.2, 0.25) is 17.7 Å². The number of benzene rings is 2. The number of amides is 3. The molecule has 2 rings (SSSR count). The average Bonchev–Trinajstić information content (AvgIpc) is 2.88. The third kappa shape index (κ3) is 10.2. The Morgan fingerprint density at radius 3 is 1.62 bits per heavy atom. The first-order valence-electron chi connectivity index (χ1n) is 12.9. The Morgan fingerprint density at radius 2 is 1.18 bits per heavy atom.